The molecule has 3 heterocycles. The van der Waals surface area contributed by atoms with Crippen molar-refractivity contribution in [3.05, 3.63) is 49.1 Å². The standard InChI is InChI=1S/C20H24N6.ClH/c1-15(13-26-10-8-21-9-11-26)25-20-18-6-2-5-17(19(18)23-14-24-20)16-4-3-7-22-12-16;/h2-7,12,14-15,21H,8-11,13H2,1H3,(H,23,24,25);1H/t15-;/m0./s1. The number of anilines is 1. The van der Waals surface area contributed by atoms with Gasteiger partial charge in [-0.05, 0) is 19.1 Å². The van der Waals surface area contributed by atoms with E-state index in [1.165, 1.54) is 0 Å². The van der Waals surface area contributed by atoms with Crippen molar-refractivity contribution in [2.24, 2.45) is 0 Å². The highest BCUT2D eigenvalue weighted by molar-refractivity contribution is 5.98. The first-order valence-electron chi connectivity index (χ1n) is 9.15. The van der Waals surface area contributed by atoms with Crippen LogP contribution >= 0.6 is 12.4 Å². The van der Waals surface area contributed by atoms with E-state index in [2.05, 4.69) is 61.7 Å². The molecule has 6 nitrogen and oxygen atoms in total. The molecule has 1 aromatic carbocycles. The summed E-state index contributed by atoms with van der Waals surface area (Å²) in [6, 6.07) is 10.5. The Bertz CT molecular complexity index is 867. The first kappa shape index (κ1) is 19.5. The van der Waals surface area contributed by atoms with E-state index in [9.17, 15) is 0 Å². The van der Waals surface area contributed by atoms with Crippen molar-refractivity contribution in [3.63, 3.8) is 0 Å². The lowest BCUT2D eigenvalue weighted by molar-refractivity contribution is 0.235. The number of rotatable bonds is 5. The molecule has 1 atom stereocenters. The van der Waals surface area contributed by atoms with E-state index in [0.29, 0.717) is 6.04 Å². The molecule has 0 unspecified atom stereocenters. The molecule has 3 aromatic rings. The summed E-state index contributed by atoms with van der Waals surface area (Å²) in [5, 5.41) is 8.02. The minimum atomic E-state index is 0. The van der Waals surface area contributed by atoms with Gasteiger partial charge in [-0.3, -0.25) is 9.88 Å². The predicted octanol–water partition coefficient (Wildman–Crippen LogP) is 2.82. The van der Waals surface area contributed by atoms with Crippen molar-refractivity contribution >= 4 is 29.1 Å². The van der Waals surface area contributed by atoms with Crippen molar-refractivity contribution in [3.8, 4) is 11.1 Å². The summed E-state index contributed by atoms with van der Waals surface area (Å²) in [7, 11) is 0. The molecular formula is C20H25ClN6. The zero-order valence-corrected chi connectivity index (χ0v) is 16.2. The maximum absolute atomic E-state index is 4.54. The number of nitrogens with one attached hydrogen (secondary N) is 2. The lowest BCUT2D eigenvalue weighted by Gasteiger charge is -2.30. The van der Waals surface area contributed by atoms with E-state index in [1.54, 1.807) is 12.5 Å². The SMILES string of the molecule is C[C@@H](CN1CCNCC1)Nc1ncnc2c(-c3cccnc3)cccc12.Cl. The van der Waals surface area contributed by atoms with Crippen molar-refractivity contribution in [1.29, 1.82) is 0 Å². The number of hydrogen-bond donors (Lipinski definition) is 2. The molecule has 1 fully saturated rings. The smallest absolute Gasteiger partial charge is 0.137 e. The Morgan fingerprint density at radius 1 is 1.15 bits per heavy atom. The fourth-order valence-electron chi connectivity index (χ4n) is 3.52. The zero-order chi connectivity index (χ0) is 17.8. The maximum atomic E-state index is 4.54. The normalized spacial score (nSPS) is 15.9. The van der Waals surface area contributed by atoms with E-state index in [4.69, 9.17) is 0 Å². The first-order chi connectivity index (χ1) is 12.8. The summed E-state index contributed by atoms with van der Waals surface area (Å²) in [4.78, 5) is 15.8. The Kier molecular flexibility index (Phi) is 6.55. The van der Waals surface area contributed by atoms with Crippen LogP contribution in [0.3, 0.4) is 0 Å². The number of piperazine rings is 1. The van der Waals surface area contributed by atoms with Gasteiger partial charge < -0.3 is 10.6 Å². The van der Waals surface area contributed by atoms with E-state index in [0.717, 1.165) is 60.6 Å². The molecule has 0 saturated carbocycles. The molecule has 0 spiro atoms. The second-order valence-corrected chi connectivity index (χ2v) is 6.76. The molecule has 1 aliphatic heterocycles. The van der Waals surface area contributed by atoms with E-state index in [-0.39, 0.29) is 12.4 Å². The Hall–Kier alpha value is -2.28. The zero-order valence-electron chi connectivity index (χ0n) is 15.4. The van der Waals surface area contributed by atoms with Crippen LogP contribution in [0.2, 0.25) is 0 Å². The molecule has 142 valence electrons. The van der Waals surface area contributed by atoms with Crippen LogP contribution < -0.4 is 10.6 Å². The van der Waals surface area contributed by atoms with E-state index >= 15 is 0 Å². The van der Waals surface area contributed by atoms with Gasteiger partial charge in [0.1, 0.15) is 12.1 Å². The number of nitrogens with zero attached hydrogens (tertiary/aromatic N) is 4. The fourth-order valence-corrected chi connectivity index (χ4v) is 3.52. The van der Waals surface area contributed by atoms with Crippen molar-refractivity contribution in [2.45, 2.75) is 13.0 Å². The fraction of sp³-hybridized carbons (Fsp3) is 0.350. The van der Waals surface area contributed by atoms with Crippen LogP contribution in [0.15, 0.2) is 49.1 Å². The first-order valence-corrected chi connectivity index (χ1v) is 9.15. The predicted molar refractivity (Wildman–Crippen MR) is 112 cm³/mol. The molecule has 27 heavy (non-hydrogen) atoms. The average molecular weight is 385 g/mol. The van der Waals surface area contributed by atoms with E-state index < -0.39 is 0 Å². The largest absolute Gasteiger partial charge is 0.366 e. The Labute approximate surface area is 165 Å². The van der Waals surface area contributed by atoms with Gasteiger partial charge in [-0.15, -0.1) is 12.4 Å². The van der Waals surface area contributed by atoms with Crippen LogP contribution in [0.25, 0.3) is 22.0 Å². The monoisotopic (exact) mass is 384 g/mol. The lowest BCUT2D eigenvalue weighted by Crippen LogP contribution is -2.47. The molecule has 7 heteroatoms. The molecule has 2 aromatic heterocycles. The number of pyridine rings is 1. The molecular weight excluding hydrogens is 360 g/mol. The van der Waals surface area contributed by atoms with Crippen LogP contribution in [-0.4, -0.2) is 58.6 Å². The minimum Gasteiger partial charge on any atom is -0.366 e. The number of fused-ring (bicyclic) bond motifs is 1. The highest BCUT2D eigenvalue weighted by atomic mass is 35.5. The van der Waals surface area contributed by atoms with Gasteiger partial charge in [0.25, 0.3) is 0 Å². The van der Waals surface area contributed by atoms with Crippen LogP contribution in [0.5, 0.6) is 0 Å². The highest BCUT2D eigenvalue weighted by Gasteiger charge is 2.15. The van der Waals surface area contributed by atoms with Crippen molar-refractivity contribution < 1.29 is 0 Å². The third kappa shape index (κ3) is 4.53. The van der Waals surface area contributed by atoms with Crippen molar-refractivity contribution in [2.75, 3.05) is 38.0 Å². The second-order valence-electron chi connectivity index (χ2n) is 6.76. The van der Waals surface area contributed by atoms with Gasteiger partial charge in [0, 0.05) is 67.7 Å². The number of para-hydroxylation sites is 1. The van der Waals surface area contributed by atoms with E-state index in [1.807, 2.05) is 12.3 Å². The number of benzene rings is 1. The van der Waals surface area contributed by atoms with Crippen LogP contribution in [0, 0.1) is 0 Å². The topological polar surface area (TPSA) is 66.0 Å². The lowest BCUT2D eigenvalue weighted by atomic mass is 10.0. The molecule has 1 saturated heterocycles. The van der Waals surface area contributed by atoms with Crippen LogP contribution in [0.1, 0.15) is 6.92 Å². The van der Waals surface area contributed by atoms with Crippen molar-refractivity contribution in [1.82, 2.24) is 25.2 Å². The van der Waals surface area contributed by atoms with Gasteiger partial charge in [-0.2, -0.15) is 0 Å². The maximum Gasteiger partial charge on any atom is 0.137 e. The molecule has 0 amide bonds. The minimum absolute atomic E-state index is 0. The third-order valence-electron chi connectivity index (χ3n) is 4.76. The van der Waals surface area contributed by atoms with Gasteiger partial charge in [0.05, 0.1) is 5.52 Å². The summed E-state index contributed by atoms with van der Waals surface area (Å²) in [6.45, 7) is 7.55. The van der Waals surface area contributed by atoms with Gasteiger partial charge in [0.15, 0.2) is 0 Å². The summed E-state index contributed by atoms with van der Waals surface area (Å²) in [5.74, 6) is 0.892. The molecule has 0 bridgehead atoms. The van der Waals surface area contributed by atoms with Gasteiger partial charge in [-0.1, -0.05) is 18.2 Å². The Morgan fingerprint density at radius 3 is 2.78 bits per heavy atom. The summed E-state index contributed by atoms with van der Waals surface area (Å²) >= 11 is 0. The molecule has 4 rings (SSSR count). The summed E-state index contributed by atoms with van der Waals surface area (Å²) in [5.41, 5.74) is 3.10. The Morgan fingerprint density at radius 2 is 2.00 bits per heavy atom. The number of aromatic nitrogens is 3. The average Bonchev–Trinajstić information content (AvgIpc) is 2.69. The summed E-state index contributed by atoms with van der Waals surface area (Å²) < 4.78 is 0. The number of hydrogen-bond acceptors (Lipinski definition) is 6. The number of halogens is 1. The molecule has 2 N–H and O–H groups in total. The van der Waals surface area contributed by atoms with Crippen LogP contribution in [0.4, 0.5) is 5.82 Å². The molecule has 1 aliphatic rings. The van der Waals surface area contributed by atoms with Gasteiger partial charge >= 0.3 is 0 Å². The van der Waals surface area contributed by atoms with Gasteiger partial charge in [0.2, 0.25) is 0 Å². The second kappa shape index (κ2) is 9.08. The quantitative estimate of drug-likeness (QED) is 0.705. The molecule has 0 aliphatic carbocycles. The van der Waals surface area contributed by atoms with Gasteiger partial charge in [-0.25, -0.2) is 9.97 Å². The Balaban J connectivity index is 0.00000210. The highest BCUT2D eigenvalue weighted by Crippen LogP contribution is 2.29. The van der Waals surface area contributed by atoms with Crippen LogP contribution in [-0.2, 0) is 0 Å². The third-order valence-corrected chi connectivity index (χ3v) is 4.76. The summed E-state index contributed by atoms with van der Waals surface area (Å²) in [6.07, 6.45) is 5.30. The molecule has 0 radical (unpaired) electrons.